The minimum Gasteiger partial charge on any atom is -0.463 e. The van der Waals surface area contributed by atoms with Gasteiger partial charge in [0.15, 0.2) is 5.17 Å². The van der Waals surface area contributed by atoms with Crippen molar-refractivity contribution in [1.82, 2.24) is 5.01 Å². The van der Waals surface area contributed by atoms with Gasteiger partial charge >= 0.3 is 5.97 Å². The first-order valence-electron chi connectivity index (χ1n) is 9.31. The predicted molar refractivity (Wildman–Crippen MR) is 115 cm³/mol. The summed E-state index contributed by atoms with van der Waals surface area (Å²) in [6.07, 6.45) is 0. The van der Waals surface area contributed by atoms with Crippen molar-refractivity contribution in [3.8, 4) is 0 Å². The highest BCUT2D eigenvalue weighted by Crippen LogP contribution is 2.42. The number of hydrogen-bond acceptors (Lipinski definition) is 8. The van der Waals surface area contributed by atoms with E-state index in [2.05, 4.69) is 10.1 Å². The fourth-order valence-electron chi connectivity index (χ4n) is 3.34. The van der Waals surface area contributed by atoms with E-state index in [0.717, 1.165) is 5.56 Å². The Labute approximate surface area is 177 Å². The van der Waals surface area contributed by atoms with Crippen LogP contribution in [0.25, 0.3) is 0 Å². The van der Waals surface area contributed by atoms with E-state index in [9.17, 15) is 14.9 Å². The van der Waals surface area contributed by atoms with Gasteiger partial charge in [-0.05, 0) is 31.2 Å². The molecule has 9 heteroatoms. The largest absolute Gasteiger partial charge is 0.463 e. The number of carbonyl (C=O) groups excluding carboxylic acids is 1. The van der Waals surface area contributed by atoms with Crippen molar-refractivity contribution < 1.29 is 14.5 Å². The maximum absolute atomic E-state index is 12.7. The molecule has 2 aromatic rings. The molecule has 0 radical (unpaired) electrons. The van der Waals surface area contributed by atoms with Gasteiger partial charge in [-0.3, -0.25) is 10.1 Å². The third kappa shape index (κ3) is 3.59. The van der Waals surface area contributed by atoms with Gasteiger partial charge in [-0.15, -0.1) is 0 Å². The lowest BCUT2D eigenvalue weighted by molar-refractivity contribution is -0.384. The molecule has 1 unspecified atom stereocenters. The molecule has 2 heterocycles. The van der Waals surface area contributed by atoms with Gasteiger partial charge in [0.2, 0.25) is 0 Å². The van der Waals surface area contributed by atoms with E-state index in [4.69, 9.17) is 4.74 Å². The zero-order valence-corrected chi connectivity index (χ0v) is 17.1. The number of nitrogens with zero attached hydrogens (tertiary/aromatic N) is 4. The number of thioether (sulfide) groups is 1. The normalized spacial score (nSPS) is 17.9. The number of esters is 1. The van der Waals surface area contributed by atoms with E-state index in [1.807, 2.05) is 30.3 Å². The van der Waals surface area contributed by atoms with Crippen LogP contribution in [0.15, 0.2) is 76.0 Å². The number of fused-ring (bicyclic) bond motifs is 1. The van der Waals surface area contributed by atoms with E-state index in [0.29, 0.717) is 27.0 Å². The lowest BCUT2D eigenvalue weighted by Crippen LogP contribution is -2.34. The molecule has 0 fully saturated rings. The summed E-state index contributed by atoms with van der Waals surface area (Å²) in [4.78, 5) is 28.0. The van der Waals surface area contributed by atoms with E-state index < -0.39 is 16.9 Å². The molecular weight excluding hydrogens is 404 g/mol. The first-order valence-corrected chi connectivity index (χ1v) is 10.1. The van der Waals surface area contributed by atoms with Gasteiger partial charge in [-0.25, -0.2) is 14.8 Å². The van der Waals surface area contributed by atoms with Crippen LogP contribution in [0.2, 0.25) is 0 Å². The third-order valence-electron chi connectivity index (χ3n) is 4.67. The minimum atomic E-state index is -0.499. The van der Waals surface area contributed by atoms with Gasteiger partial charge in [0.25, 0.3) is 5.69 Å². The number of amidine groups is 1. The lowest BCUT2D eigenvalue weighted by Gasteiger charge is -2.31. The molecule has 152 valence electrons. The minimum absolute atomic E-state index is 0.0104. The molecule has 0 saturated heterocycles. The Kier molecular flexibility index (Phi) is 5.37. The first-order chi connectivity index (χ1) is 14.5. The number of allylic oxidation sites excluding steroid dienone is 1. The molecule has 0 spiro atoms. The fourth-order valence-corrected chi connectivity index (χ4v) is 4.31. The van der Waals surface area contributed by atoms with E-state index in [-0.39, 0.29) is 12.3 Å². The SMILES string of the molecule is CCOC(=O)C1=C(C)N=C2SC(c3cccc([N+](=O)[O-])c3)=NN2C1c1ccccc1. The summed E-state index contributed by atoms with van der Waals surface area (Å²) < 4.78 is 5.28. The summed E-state index contributed by atoms with van der Waals surface area (Å²) in [6.45, 7) is 3.79. The number of nitro groups is 1. The molecule has 0 saturated carbocycles. The van der Waals surface area contributed by atoms with Crippen LogP contribution in [0, 0.1) is 10.1 Å². The number of ether oxygens (including phenoxy) is 1. The first kappa shape index (κ1) is 19.8. The van der Waals surface area contributed by atoms with Crippen molar-refractivity contribution >= 4 is 33.6 Å². The quantitative estimate of drug-likeness (QED) is 0.406. The predicted octanol–water partition coefficient (Wildman–Crippen LogP) is 4.25. The molecule has 2 aromatic carbocycles. The smallest absolute Gasteiger partial charge is 0.338 e. The van der Waals surface area contributed by atoms with Gasteiger partial charge < -0.3 is 4.74 Å². The topological polar surface area (TPSA) is 97.4 Å². The fraction of sp³-hybridized carbons (Fsp3) is 0.190. The summed E-state index contributed by atoms with van der Waals surface area (Å²) in [5.41, 5.74) is 2.47. The molecule has 0 aliphatic carbocycles. The van der Waals surface area contributed by atoms with Crippen LogP contribution in [0.3, 0.4) is 0 Å². The average molecular weight is 422 g/mol. The standard InChI is InChI=1S/C21H18N4O4S/c1-3-29-20(26)17-13(2)22-21-24(18(17)14-8-5-4-6-9-14)23-19(30-21)15-10-7-11-16(12-15)25(27)28/h4-12,18H,3H2,1-2H3. The van der Waals surface area contributed by atoms with Crippen molar-refractivity contribution in [2.45, 2.75) is 19.9 Å². The van der Waals surface area contributed by atoms with Crippen LogP contribution in [0.5, 0.6) is 0 Å². The highest BCUT2D eigenvalue weighted by Gasteiger charge is 2.40. The molecule has 0 bridgehead atoms. The number of non-ortho nitro benzene ring substituents is 1. The number of hydrogen-bond donors (Lipinski definition) is 0. The van der Waals surface area contributed by atoms with E-state index >= 15 is 0 Å². The van der Waals surface area contributed by atoms with Crippen molar-refractivity contribution in [1.29, 1.82) is 0 Å². The van der Waals surface area contributed by atoms with E-state index in [1.54, 1.807) is 31.0 Å². The molecule has 1 atom stereocenters. The number of benzene rings is 2. The lowest BCUT2D eigenvalue weighted by atomic mass is 9.96. The highest BCUT2D eigenvalue weighted by atomic mass is 32.2. The molecule has 8 nitrogen and oxygen atoms in total. The second-order valence-electron chi connectivity index (χ2n) is 6.59. The number of carbonyl (C=O) groups is 1. The Balaban J connectivity index is 1.79. The van der Waals surface area contributed by atoms with Crippen molar-refractivity contribution in [3.05, 3.63) is 87.1 Å². The van der Waals surface area contributed by atoms with Gasteiger partial charge in [0, 0.05) is 17.7 Å². The Morgan fingerprint density at radius 1 is 1.23 bits per heavy atom. The molecule has 0 aromatic heterocycles. The molecule has 4 rings (SSSR count). The highest BCUT2D eigenvalue weighted by molar-refractivity contribution is 8.27. The molecule has 0 N–H and O–H groups in total. The van der Waals surface area contributed by atoms with E-state index in [1.165, 1.54) is 23.9 Å². The Morgan fingerprint density at radius 3 is 2.70 bits per heavy atom. The zero-order chi connectivity index (χ0) is 21.3. The molecule has 2 aliphatic rings. The maximum atomic E-state index is 12.7. The summed E-state index contributed by atoms with van der Waals surface area (Å²) in [6, 6.07) is 15.3. The number of hydrazone groups is 1. The van der Waals surface area contributed by atoms with Crippen molar-refractivity contribution in [2.24, 2.45) is 10.1 Å². The van der Waals surface area contributed by atoms with Gasteiger partial charge in [0.1, 0.15) is 11.1 Å². The monoisotopic (exact) mass is 422 g/mol. The van der Waals surface area contributed by atoms with Gasteiger partial charge in [0.05, 0.1) is 22.8 Å². The van der Waals surface area contributed by atoms with Crippen LogP contribution in [0.4, 0.5) is 5.69 Å². The second kappa shape index (κ2) is 8.11. The number of rotatable bonds is 5. The van der Waals surface area contributed by atoms with Crippen LogP contribution >= 0.6 is 11.8 Å². The second-order valence-corrected chi connectivity index (χ2v) is 7.54. The summed E-state index contributed by atoms with van der Waals surface area (Å²) in [5.74, 6) is -0.435. The summed E-state index contributed by atoms with van der Waals surface area (Å²) >= 11 is 1.31. The van der Waals surface area contributed by atoms with Crippen molar-refractivity contribution in [3.63, 3.8) is 0 Å². The zero-order valence-electron chi connectivity index (χ0n) is 16.3. The Bertz CT molecular complexity index is 1110. The van der Waals surface area contributed by atoms with Crippen LogP contribution in [0.1, 0.15) is 31.0 Å². The molecular formula is C21H18N4O4S. The summed E-state index contributed by atoms with van der Waals surface area (Å²) in [7, 11) is 0. The average Bonchev–Trinajstić information content (AvgIpc) is 3.17. The van der Waals surface area contributed by atoms with Crippen LogP contribution < -0.4 is 0 Å². The van der Waals surface area contributed by atoms with Crippen molar-refractivity contribution in [2.75, 3.05) is 6.61 Å². The number of aliphatic imine (C=N–C) groups is 1. The van der Waals surface area contributed by atoms with Gasteiger partial charge in [-0.1, -0.05) is 42.5 Å². The third-order valence-corrected chi connectivity index (χ3v) is 5.64. The number of nitro benzene ring substituents is 1. The molecule has 2 aliphatic heterocycles. The summed E-state index contributed by atoms with van der Waals surface area (Å²) in [5, 5.41) is 18.7. The Morgan fingerprint density at radius 2 is 2.00 bits per heavy atom. The van der Waals surface area contributed by atoms with Crippen LogP contribution in [-0.2, 0) is 9.53 Å². The van der Waals surface area contributed by atoms with Gasteiger partial charge in [-0.2, -0.15) is 5.10 Å². The molecule has 0 amide bonds. The molecule has 30 heavy (non-hydrogen) atoms. The Hall–Kier alpha value is -3.46. The van der Waals surface area contributed by atoms with Crippen LogP contribution in [-0.4, -0.2) is 32.7 Å². The maximum Gasteiger partial charge on any atom is 0.338 e.